The summed E-state index contributed by atoms with van der Waals surface area (Å²) in [5.41, 5.74) is 4.90. The Morgan fingerprint density at radius 1 is 0.782 bits per heavy atom. The van der Waals surface area contributed by atoms with Crippen LogP contribution in [0.15, 0.2) is 91.1 Å². The van der Waals surface area contributed by atoms with E-state index in [1.165, 1.54) is 5.69 Å². The molecule has 0 saturated carbocycles. The number of amides is 3. The molecule has 4 aliphatic heterocycles. The number of imide groups is 1. The molecule has 11 nitrogen and oxygen atoms in total. The van der Waals surface area contributed by atoms with Crippen LogP contribution in [-0.4, -0.2) is 102 Å². The summed E-state index contributed by atoms with van der Waals surface area (Å²) in [6.45, 7) is 7.92. The first-order valence-corrected chi connectivity index (χ1v) is 20.0. The van der Waals surface area contributed by atoms with Gasteiger partial charge in [0.1, 0.15) is 5.75 Å². The van der Waals surface area contributed by atoms with Gasteiger partial charge in [0.15, 0.2) is 0 Å². The summed E-state index contributed by atoms with van der Waals surface area (Å²) in [6.07, 6.45) is 7.38. The van der Waals surface area contributed by atoms with Gasteiger partial charge in [-0.05, 0) is 92.4 Å². The van der Waals surface area contributed by atoms with E-state index in [2.05, 4.69) is 59.4 Å². The average molecular weight is 742 g/mol. The van der Waals surface area contributed by atoms with Crippen molar-refractivity contribution >= 4 is 29.1 Å². The number of aromatic hydroxyl groups is 1. The zero-order chi connectivity index (χ0) is 37.8. The lowest BCUT2D eigenvalue weighted by atomic mass is 9.71. The summed E-state index contributed by atoms with van der Waals surface area (Å²) in [4.78, 5) is 48.1. The highest BCUT2D eigenvalue weighted by atomic mass is 16.3. The second kappa shape index (κ2) is 16.2. The molecule has 3 amide bonds. The van der Waals surface area contributed by atoms with Crippen molar-refractivity contribution in [3.8, 4) is 17.0 Å². The van der Waals surface area contributed by atoms with E-state index in [1.807, 2.05) is 48.5 Å². The predicted molar refractivity (Wildman–Crippen MR) is 213 cm³/mol. The molecule has 4 aliphatic rings. The molecule has 0 bridgehead atoms. The quantitative estimate of drug-likeness (QED) is 0.230. The number of phenolic OH excluding ortho intramolecular Hbond substituents is 1. The van der Waals surface area contributed by atoms with Crippen molar-refractivity contribution in [3.63, 3.8) is 0 Å². The van der Waals surface area contributed by atoms with E-state index in [0.29, 0.717) is 42.9 Å². The SMILES string of the molecule is O=C1CC[C@H](c2ccc(N3CCC(CN4CCCN(C(=O)C5(c6ccccc6)CCN(c6cnnc(-c7ccccc7O)c6)CC5)CC4)CC3)cc2)C(=O)N1. The summed E-state index contributed by atoms with van der Waals surface area (Å²) in [6, 6.07) is 27.9. The highest BCUT2D eigenvalue weighted by Crippen LogP contribution is 2.40. The molecule has 2 N–H and O–H groups in total. The van der Waals surface area contributed by atoms with Gasteiger partial charge in [-0.3, -0.25) is 19.7 Å². The van der Waals surface area contributed by atoms with Crippen LogP contribution in [-0.2, 0) is 19.8 Å². The topological polar surface area (TPSA) is 122 Å². The highest BCUT2D eigenvalue weighted by Gasteiger charge is 2.45. The molecule has 55 heavy (non-hydrogen) atoms. The first-order valence-electron chi connectivity index (χ1n) is 20.0. The van der Waals surface area contributed by atoms with E-state index in [-0.39, 0.29) is 29.4 Å². The Balaban J connectivity index is 0.864. The monoisotopic (exact) mass is 741 g/mol. The van der Waals surface area contributed by atoms with Gasteiger partial charge in [0.05, 0.1) is 28.9 Å². The van der Waals surface area contributed by atoms with E-state index in [1.54, 1.807) is 18.3 Å². The third kappa shape index (κ3) is 7.94. The number of phenols is 1. The molecule has 1 aromatic heterocycles. The molecular formula is C44H51N7O4. The largest absolute Gasteiger partial charge is 0.507 e. The minimum atomic E-state index is -0.583. The molecule has 0 spiro atoms. The molecule has 8 rings (SSSR count). The van der Waals surface area contributed by atoms with Crippen LogP contribution < -0.4 is 15.1 Å². The zero-order valence-electron chi connectivity index (χ0n) is 31.5. The van der Waals surface area contributed by atoms with E-state index in [9.17, 15) is 19.5 Å². The van der Waals surface area contributed by atoms with Crippen LogP contribution in [0, 0.1) is 5.92 Å². The fourth-order valence-corrected chi connectivity index (χ4v) is 9.21. The van der Waals surface area contributed by atoms with Gasteiger partial charge in [0.2, 0.25) is 17.7 Å². The van der Waals surface area contributed by atoms with Gasteiger partial charge >= 0.3 is 0 Å². The fourth-order valence-electron chi connectivity index (χ4n) is 9.21. The number of carbonyl (C=O) groups is 3. The van der Waals surface area contributed by atoms with Crippen molar-refractivity contribution in [3.05, 3.63) is 102 Å². The lowest BCUT2D eigenvalue weighted by Crippen LogP contribution is -2.53. The molecule has 4 saturated heterocycles. The molecule has 5 heterocycles. The molecule has 0 radical (unpaired) electrons. The lowest BCUT2D eigenvalue weighted by molar-refractivity contribution is -0.138. The summed E-state index contributed by atoms with van der Waals surface area (Å²) in [5, 5.41) is 21.5. The number of carbonyl (C=O) groups excluding carboxylic acids is 3. The van der Waals surface area contributed by atoms with Crippen LogP contribution in [0.5, 0.6) is 5.75 Å². The molecule has 11 heteroatoms. The average Bonchev–Trinajstić information content (AvgIpc) is 3.47. The molecule has 4 aromatic rings. The number of piperidine rings is 3. The van der Waals surface area contributed by atoms with Crippen molar-refractivity contribution in [1.82, 2.24) is 25.3 Å². The maximum Gasteiger partial charge on any atom is 0.234 e. The van der Waals surface area contributed by atoms with Gasteiger partial charge in [-0.1, -0.05) is 54.6 Å². The summed E-state index contributed by atoms with van der Waals surface area (Å²) in [5.74, 6) is 0.420. The Kier molecular flexibility index (Phi) is 10.8. The van der Waals surface area contributed by atoms with Crippen molar-refractivity contribution in [2.75, 3.05) is 68.7 Å². The van der Waals surface area contributed by atoms with Crippen LogP contribution in [0.2, 0.25) is 0 Å². The Morgan fingerprint density at radius 2 is 1.51 bits per heavy atom. The van der Waals surface area contributed by atoms with E-state index >= 15 is 0 Å². The van der Waals surface area contributed by atoms with Crippen molar-refractivity contribution in [1.29, 1.82) is 0 Å². The summed E-state index contributed by atoms with van der Waals surface area (Å²) in [7, 11) is 0. The van der Waals surface area contributed by atoms with Crippen LogP contribution >= 0.6 is 0 Å². The smallest absolute Gasteiger partial charge is 0.234 e. The van der Waals surface area contributed by atoms with Gasteiger partial charge < -0.3 is 24.7 Å². The number of nitrogens with one attached hydrogen (secondary N) is 1. The normalized spacial score (nSPS) is 21.2. The molecule has 1 atom stereocenters. The maximum absolute atomic E-state index is 14.8. The zero-order valence-corrected chi connectivity index (χ0v) is 31.5. The molecule has 0 aliphatic carbocycles. The van der Waals surface area contributed by atoms with E-state index in [4.69, 9.17) is 0 Å². The number of nitrogens with zero attached hydrogens (tertiary/aromatic N) is 6. The third-order valence-electron chi connectivity index (χ3n) is 12.4. The standard InChI is InChI=1S/C44H51N7O4/c52-40-10-5-4-9-38(40)39-29-36(30-45-47-39)50-25-19-44(20-26-50,34-7-2-1-3-8-34)43(55)51-22-6-21-48(27-28-51)31-32-17-23-49(24-18-32)35-13-11-33(12-14-35)37-15-16-41(53)46-42(37)54/h1-5,7-14,29-30,32,37,52H,6,15-28,31H2,(H,46,53,54)/t37-/m1/s1. The maximum atomic E-state index is 14.8. The first-order chi connectivity index (χ1) is 26.9. The van der Waals surface area contributed by atoms with Gasteiger partial charge in [-0.2, -0.15) is 10.2 Å². The van der Waals surface area contributed by atoms with Gasteiger partial charge in [-0.25, -0.2) is 0 Å². The summed E-state index contributed by atoms with van der Waals surface area (Å²) >= 11 is 0. The predicted octanol–water partition coefficient (Wildman–Crippen LogP) is 5.36. The minimum absolute atomic E-state index is 0.176. The minimum Gasteiger partial charge on any atom is -0.507 e. The van der Waals surface area contributed by atoms with Crippen molar-refractivity contribution in [2.24, 2.45) is 5.92 Å². The molecule has 4 fully saturated rings. The number of rotatable bonds is 8. The second-order valence-electron chi connectivity index (χ2n) is 15.7. The third-order valence-corrected chi connectivity index (χ3v) is 12.4. The van der Waals surface area contributed by atoms with E-state index < -0.39 is 5.41 Å². The van der Waals surface area contributed by atoms with Crippen LogP contribution in [0.4, 0.5) is 11.4 Å². The molecular weight excluding hydrogens is 691 g/mol. The summed E-state index contributed by atoms with van der Waals surface area (Å²) < 4.78 is 0. The fraction of sp³-hybridized carbons (Fsp3) is 0.432. The van der Waals surface area contributed by atoms with E-state index in [0.717, 1.165) is 95.0 Å². The Bertz CT molecular complexity index is 1970. The molecule has 0 unspecified atom stereocenters. The Morgan fingerprint density at radius 3 is 2.25 bits per heavy atom. The lowest BCUT2D eigenvalue weighted by Gasteiger charge is -2.44. The first kappa shape index (κ1) is 36.7. The van der Waals surface area contributed by atoms with Gasteiger partial charge in [0.25, 0.3) is 0 Å². The Hall–Kier alpha value is -5.29. The van der Waals surface area contributed by atoms with Crippen LogP contribution in [0.25, 0.3) is 11.3 Å². The highest BCUT2D eigenvalue weighted by molar-refractivity contribution is 6.01. The number of hydrogen-bond acceptors (Lipinski definition) is 9. The van der Waals surface area contributed by atoms with Crippen LogP contribution in [0.1, 0.15) is 62.0 Å². The van der Waals surface area contributed by atoms with Gasteiger partial charge in [0, 0.05) is 70.0 Å². The van der Waals surface area contributed by atoms with Crippen LogP contribution in [0.3, 0.4) is 0 Å². The number of anilines is 2. The molecule has 286 valence electrons. The van der Waals surface area contributed by atoms with Crippen molar-refractivity contribution in [2.45, 2.75) is 56.3 Å². The molecule has 3 aromatic carbocycles. The number of para-hydroxylation sites is 1. The number of hydrogen-bond donors (Lipinski definition) is 2. The van der Waals surface area contributed by atoms with Crippen molar-refractivity contribution < 1.29 is 19.5 Å². The number of aromatic nitrogens is 2. The second-order valence-corrected chi connectivity index (χ2v) is 15.7. The van der Waals surface area contributed by atoms with Gasteiger partial charge in [-0.15, -0.1) is 0 Å². The Labute approximate surface area is 323 Å². The number of benzene rings is 3.